The number of carbonyl (C=O) groups is 2. The molecule has 0 heterocycles. The van der Waals surface area contributed by atoms with E-state index >= 15 is 0 Å². The highest BCUT2D eigenvalue weighted by atomic mass is 16.5. The van der Waals surface area contributed by atoms with Crippen molar-refractivity contribution in [3.05, 3.63) is 41.5 Å². The number of ketones is 1. The number of hydrogen-bond donors (Lipinski definition) is 0. The lowest BCUT2D eigenvalue weighted by Gasteiger charge is -2.55. The van der Waals surface area contributed by atoms with Gasteiger partial charge >= 0.3 is 5.97 Å². The van der Waals surface area contributed by atoms with E-state index in [2.05, 4.69) is 0 Å². The number of esters is 1. The van der Waals surface area contributed by atoms with Gasteiger partial charge in [0.25, 0.3) is 0 Å². The highest BCUT2D eigenvalue weighted by Crippen LogP contribution is 2.60. The average Bonchev–Trinajstić information content (AvgIpc) is 2.58. The van der Waals surface area contributed by atoms with Gasteiger partial charge in [-0.3, -0.25) is 4.79 Å². The van der Waals surface area contributed by atoms with Gasteiger partial charge in [-0.05, 0) is 74.8 Å². The van der Waals surface area contributed by atoms with Crippen LogP contribution in [0.25, 0.3) is 6.08 Å². The summed E-state index contributed by atoms with van der Waals surface area (Å²) in [6.07, 6.45) is 10.1. The minimum atomic E-state index is -0.432. The minimum Gasteiger partial charge on any atom is -0.455 e. The second kappa shape index (κ2) is 6.44. The molecule has 0 N–H and O–H groups in total. The maximum atomic E-state index is 12.8. The van der Waals surface area contributed by atoms with Crippen LogP contribution in [0.2, 0.25) is 0 Å². The van der Waals surface area contributed by atoms with Crippen LogP contribution in [0.15, 0.2) is 30.3 Å². The van der Waals surface area contributed by atoms with Crippen LogP contribution in [-0.2, 0) is 14.3 Å². The van der Waals surface area contributed by atoms with E-state index < -0.39 is 5.97 Å². The van der Waals surface area contributed by atoms with Gasteiger partial charge in [-0.15, -0.1) is 0 Å². The first kappa shape index (κ1) is 16.6. The summed E-state index contributed by atoms with van der Waals surface area (Å²) in [7, 11) is 0. The van der Waals surface area contributed by atoms with E-state index in [1.807, 2.05) is 31.2 Å². The molecule has 4 aliphatic carbocycles. The molecule has 3 heteroatoms. The summed E-state index contributed by atoms with van der Waals surface area (Å²) in [5, 5.41) is 0. The Morgan fingerprint density at radius 1 is 1.04 bits per heavy atom. The summed E-state index contributed by atoms with van der Waals surface area (Å²) in [6, 6.07) is 7.92. The van der Waals surface area contributed by atoms with E-state index in [4.69, 9.17) is 4.74 Å². The second-order valence-corrected chi connectivity index (χ2v) is 8.47. The molecule has 4 aliphatic rings. The molecular weight excluding hydrogens is 312 g/mol. The Balaban J connectivity index is 1.33. The largest absolute Gasteiger partial charge is 0.455 e. The Morgan fingerprint density at radius 2 is 1.60 bits per heavy atom. The fourth-order valence-corrected chi connectivity index (χ4v) is 5.63. The van der Waals surface area contributed by atoms with Crippen LogP contribution < -0.4 is 0 Å². The van der Waals surface area contributed by atoms with Crippen molar-refractivity contribution in [3.8, 4) is 0 Å². The number of rotatable bonds is 5. The Morgan fingerprint density at radius 3 is 2.16 bits per heavy atom. The first-order valence-electron chi connectivity index (χ1n) is 9.47. The van der Waals surface area contributed by atoms with Crippen molar-refractivity contribution in [1.29, 1.82) is 0 Å². The predicted octanol–water partition coefficient (Wildman–Crippen LogP) is 4.34. The van der Waals surface area contributed by atoms with Crippen LogP contribution in [0.1, 0.15) is 49.7 Å². The molecule has 4 bridgehead atoms. The van der Waals surface area contributed by atoms with E-state index in [0.717, 1.165) is 42.6 Å². The number of benzene rings is 1. The van der Waals surface area contributed by atoms with Gasteiger partial charge in [0, 0.05) is 11.5 Å². The van der Waals surface area contributed by atoms with Crippen molar-refractivity contribution in [2.45, 2.75) is 45.4 Å². The first-order valence-corrected chi connectivity index (χ1v) is 9.47. The molecule has 0 radical (unpaired) electrons. The number of Topliss-reactive ketones (excluding diaryl/α,β-unsaturated/α-hetero) is 1. The molecule has 0 amide bonds. The van der Waals surface area contributed by atoms with Gasteiger partial charge in [0.15, 0.2) is 12.4 Å². The Labute approximate surface area is 149 Å². The van der Waals surface area contributed by atoms with Crippen molar-refractivity contribution in [3.63, 3.8) is 0 Å². The van der Waals surface area contributed by atoms with Gasteiger partial charge in [0.05, 0.1) is 0 Å². The maximum absolute atomic E-state index is 12.8. The van der Waals surface area contributed by atoms with Crippen LogP contribution >= 0.6 is 0 Å². The topological polar surface area (TPSA) is 43.4 Å². The maximum Gasteiger partial charge on any atom is 0.331 e. The van der Waals surface area contributed by atoms with Crippen molar-refractivity contribution < 1.29 is 14.3 Å². The van der Waals surface area contributed by atoms with Gasteiger partial charge in [0.1, 0.15) is 0 Å². The average molecular weight is 338 g/mol. The van der Waals surface area contributed by atoms with E-state index in [1.54, 1.807) is 6.08 Å². The molecule has 4 saturated carbocycles. The van der Waals surface area contributed by atoms with E-state index in [0.29, 0.717) is 0 Å². The molecule has 0 atom stereocenters. The zero-order chi connectivity index (χ0) is 17.4. The van der Waals surface area contributed by atoms with Crippen LogP contribution in [0.3, 0.4) is 0 Å². The van der Waals surface area contributed by atoms with Gasteiger partial charge in [-0.1, -0.05) is 29.8 Å². The molecule has 1 aromatic carbocycles. The van der Waals surface area contributed by atoms with Crippen LogP contribution in [0, 0.1) is 30.1 Å². The lowest BCUT2D eigenvalue weighted by Crippen LogP contribution is -2.51. The quantitative estimate of drug-likeness (QED) is 0.592. The molecule has 0 saturated heterocycles. The molecule has 0 aromatic heterocycles. The van der Waals surface area contributed by atoms with Crippen LogP contribution in [-0.4, -0.2) is 18.4 Å². The number of carbonyl (C=O) groups excluding carboxylic acids is 2. The van der Waals surface area contributed by atoms with E-state index in [9.17, 15) is 9.59 Å². The van der Waals surface area contributed by atoms with Crippen LogP contribution in [0.5, 0.6) is 0 Å². The molecular formula is C22H26O3. The normalized spacial score (nSPS) is 32.9. The summed E-state index contributed by atoms with van der Waals surface area (Å²) < 4.78 is 5.26. The fraction of sp³-hybridized carbons (Fsp3) is 0.545. The zero-order valence-electron chi connectivity index (χ0n) is 14.9. The van der Waals surface area contributed by atoms with Gasteiger partial charge < -0.3 is 4.74 Å². The third-order valence-electron chi connectivity index (χ3n) is 6.46. The van der Waals surface area contributed by atoms with Gasteiger partial charge in [-0.2, -0.15) is 0 Å². The molecule has 0 spiro atoms. The molecule has 0 aliphatic heterocycles. The highest BCUT2D eigenvalue weighted by molar-refractivity contribution is 5.91. The monoisotopic (exact) mass is 338 g/mol. The molecule has 4 fully saturated rings. The summed E-state index contributed by atoms with van der Waals surface area (Å²) in [5.41, 5.74) is 1.95. The summed E-state index contributed by atoms with van der Waals surface area (Å²) in [6.45, 7) is 1.96. The standard InChI is InChI=1S/C22H26O3/c1-15-2-4-16(5-3-15)6-7-21(24)25-14-20(23)22-11-17-8-18(12-22)10-19(9-17)13-22/h2-7,17-19H,8-14H2,1H3/b7-6+. The summed E-state index contributed by atoms with van der Waals surface area (Å²) in [5.74, 6) is 1.91. The lowest BCUT2D eigenvalue weighted by molar-refractivity contribution is -0.155. The summed E-state index contributed by atoms with van der Waals surface area (Å²) >= 11 is 0. The second-order valence-electron chi connectivity index (χ2n) is 8.47. The van der Waals surface area contributed by atoms with Gasteiger partial charge in [0.2, 0.25) is 0 Å². The zero-order valence-corrected chi connectivity index (χ0v) is 14.9. The molecule has 25 heavy (non-hydrogen) atoms. The third-order valence-corrected chi connectivity index (χ3v) is 6.46. The van der Waals surface area contributed by atoms with Crippen molar-refractivity contribution >= 4 is 17.8 Å². The Bertz CT molecular complexity index is 663. The summed E-state index contributed by atoms with van der Waals surface area (Å²) in [4.78, 5) is 24.8. The number of ether oxygens (including phenoxy) is 1. The predicted molar refractivity (Wildman–Crippen MR) is 96.8 cm³/mol. The molecule has 3 nitrogen and oxygen atoms in total. The molecule has 0 unspecified atom stereocenters. The minimum absolute atomic E-state index is 0.0662. The van der Waals surface area contributed by atoms with Crippen LogP contribution in [0.4, 0.5) is 0 Å². The van der Waals surface area contributed by atoms with Crippen molar-refractivity contribution in [1.82, 2.24) is 0 Å². The van der Waals surface area contributed by atoms with Gasteiger partial charge in [-0.25, -0.2) is 4.79 Å². The smallest absolute Gasteiger partial charge is 0.331 e. The molecule has 1 aromatic rings. The van der Waals surface area contributed by atoms with Crippen molar-refractivity contribution in [2.75, 3.05) is 6.61 Å². The molecule has 132 valence electrons. The Kier molecular flexibility index (Phi) is 4.26. The van der Waals surface area contributed by atoms with Crippen molar-refractivity contribution in [2.24, 2.45) is 23.2 Å². The Hall–Kier alpha value is -1.90. The highest BCUT2D eigenvalue weighted by Gasteiger charge is 2.54. The number of hydrogen-bond acceptors (Lipinski definition) is 3. The van der Waals surface area contributed by atoms with E-state index in [1.165, 1.54) is 30.9 Å². The van der Waals surface area contributed by atoms with E-state index in [-0.39, 0.29) is 17.8 Å². The SMILES string of the molecule is Cc1ccc(/C=C/C(=O)OCC(=O)C23CC4CC(CC(C4)C2)C3)cc1. The lowest BCUT2D eigenvalue weighted by atomic mass is 9.48. The number of aryl methyl sites for hydroxylation is 1. The third kappa shape index (κ3) is 3.42. The molecule has 5 rings (SSSR count). The fourth-order valence-electron chi connectivity index (χ4n) is 5.63. The first-order chi connectivity index (χ1) is 12.0.